The van der Waals surface area contributed by atoms with E-state index in [1.807, 2.05) is 18.5 Å². The number of esters is 1. The highest BCUT2D eigenvalue weighted by Crippen LogP contribution is 2.16. The summed E-state index contributed by atoms with van der Waals surface area (Å²) in [5, 5.41) is 7.21. The van der Waals surface area contributed by atoms with Crippen molar-refractivity contribution in [1.29, 1.82) is 0 Å². The first-order chi connectivity index (χ1) is 13.7. The Morgan fingerprint density at radius 3 is 2.38 bits per heavy atom. The molecule has 2 aromatic rings. The molecule has 0 aliphatic heterocycles. The lowest BCUT2D eigenvalue weighted by atomic mass is 10.1. The Labute approximate surface area is 171 Å². The van der Waals surface area contributed by atoms with E-state index in [2.05, 4.69) is 24.3 Å². The van der Waals surface area contributed by atoms with E-state index < -0.39 is 5.97 Å². The van der Waals surface area contributed by atoms with E-state index in [0.717, 1.165) is 23.5 Å². The van der Waals surface area contributed by atoms with Gasteiger partial charge in [-0.3, -0.25) is 19.1 Å². The number of hydrogen-bond acceptors (Lipinski definition) is 5. The lowest BCUT2D eigenvalue weighted by Crippen LogP contribution is -2.16. The zero-order valence-corrected chi connectivity index (χ0v) is 17.7. The summed E-state index contributed by atoms with van der Waals surface area (Å²) in [6.45, 7) is 10.3. The molecule has 1 heterocycles. The molecule has 29 heavy (non-hydrogen) atoms. The lowest BCUT2D eigenvalue weighted by molar-refractivity contribution is -0.141. The van der Waals surface area contributed by atoms with Gasteiger partial charge in [-0.15, -0.1) is 0 Å². The highest BCUT2D eigenvalue weighted by atomic mass is 16.5. The van der Waals surface area contributed by atoms with E-state index in [1.54, 1.807) is 31.2 Å². The van der Waals surface area contributed by atoms with Crippen molar-refractivity contribution in [2.45, 2.75) is 54.0 Å². The highest BCUT2D eigenvalue weighted by Gasteiger charge is 2.17. The van der Waals surface area contributed by atoms with Crippen molar-refractivity contribution in [1.82, 2.24) is 9.78 Å². The Balaban J connectivity index is 1.91. The van der Waals surface area contributed by atoms with Gasteiger partial charge in [0.2, 0.25) is 5.91 Å². The molecular formula is C22H29N3O4. The van der Waals surface area contributed by atoms with E-state index in [1.165, 1.54) is 0 Å². The molecule has 156 valence electrons. The van der Waals surface area contributed by atoms with E-state index >= 15 is 0 Å². The van der Waals surface area contributed by atoms with Crippen LogP contribution in [0.3, 0.4) is 0 Å². The largest absolute Gasteiger partial charge is 0.457 e. The number of Topliss-reactive ketones (excluding diaryl/α,β-unsaturated/α-hetero) is 1. The van der Waals surface area contributed by atoms with Gasteiger partial charge in [0.15, 0.2) is 12.4 Å². The number of carbonyl (C=O) groups is 3. The summed E-state index contributed by atoms with van der Waals surface area (Å²) < 4.78 is 7.09. The van der Waals surface area contributed by atoms with Crippen LogP contribution in [-0.4, -0.2) is 34.0 Å². The van der Waals surface area contributed by atoms with Crippen LogP contribution in [-0.2, 0) is 27.3 Å². The Morgan fingerprint density at radius 1 is 1.14 bits per heavy atom. The third kappa shape index (κ3) is 6.27. The fourth-order valence-electron chi connectivity index (χ4n) is 2.93. The minimum Gasteiger partial charge on any atom is -0.457 e. The van der Waals surface area contributed by atoms with Gasteiger partial charge in [-0.05, 0) is 44.0 Å². The first-order valence-electron chi connectivity index (χ1n) is 9.82. The Morgan fingerprint density at radius 2 is 1.79 bits per heavy atom. The zero-order valence-electron chi connectivity index (χ0n) is 17.7. The normalized spacial score (nSPS) is 10.8. The molecule has 0 aliphatic rings. The Hall–Kier alpha value is -2.96. The number of rotatable bonds is 9. The molecule has 0 atom stereocenters. The third-order valence-corrected chi connectivity index (χ3v) is 4.57. The topological polar surface area (TPSA) is 90.3 Å². The molecule has 0 fully saturated rings. The molecule has 7 heteroatoms. The maximum absolute atomic E-state index is 12.3. The minimum absolute atomic E-state index is 0.0883. The van der Waals surface area contributed by atoms with Gasteiger partial charge >= 0.3 is 5.97 Å². The zero-order chi connectivity index (χ0) is 21.6. The van der Waals surface area contributed by atoms with Crippen molar-refractivity contribution in [3.63, 3.8) is 0 Å². The number of aryl methyl sites for hydroxylation is 1. The first kappa shape index (κ1) is 22.3. The van der Waals surface area contributed by atoms with Gasteiger partial charge in [0, 0.05) is 35.5 Å². The molecule has 1 N–H and O–H groups in total. The molecule has 0 radical (unpaired) electrons. The summed E-state index contributed by atoms with van der Waals surface area (Å²) in [4.78, 5) is 35.9. The Bertz CT molecular complexity index is 882. The van der Waals surface area contributed by atoms with Crippen LogP contribution < -0.4 is 5.32 Å². The fraction of sp³-hybridized carbons (Fsp3) is 0.455. The van der Waals surface area contributed by atoms with E-state index in [4.69, 9.17) is 4.74 Å². The monoisotopic (exact) mass is 399 g/mol. The molecule has 2 rings (SSSR count). The predicted molar refractivity (Wildman–Crippen MR) is 111 cm³/mol. The smallest absolute Gasteiger partial charge is 0.310 e. The van der Waals surface area contributed by atoms with E-state index in [9.17, 15) is 14.4 Å². The van der Waals surface area contributed by atoms with Crippen molar-refractivity contribution in [3.8, 4) is 0 Å². The number of nitrogens with zero attached hydrogens (tertiary/aromatic N) is 2. The van der Waals surface area contributed by atoms with Crippen LogP contribution in [0.4, 0.5) is 5.69 Å². The number of benzene rings is 1. The van der Waals surface area contributed by atoms with Crippen molar-refractivity contribution in [2.24, 2.45) is 5.92 Å². The van der Waals surface area contributed by atoms with E-state index in [0.29, 0.717) is 23.6 Å². The molecule has 1 aromatic heterocycles. The molecule has 0 aliphatic carbocycles. The number of ketones is 1. The van der Waals surface area contributed by atoms with Gasteiger partial charge in [-0.25, -0.2) is 0 Å². The molecular weight excluding hydrogens is 370 g/mol. The summed E-state index contributed by atoms with van der Waals surface area (Å²) in [6, 6.07) is 6.51. The molecule has 7 nitrogen and oxygen atoms in total. The van der Waals surface area contributed by atoms with Crippen molar-refractivity contribution < 1.29 is 19.1 Å². The van der Waals surface area contributed by atoms with Crippen molar-refractivity contribution >= 4 is 23.3 Å². The SMILES string of the molecule is CCC(=O)Nc1ccc(C(=O)COC(=O)Cc2c(C)nn(CC(C)C)c2C)cc1. The number of anilines is 1. The van der Waals surface area contributed by atoms with Gasteiger partial charge in [-0.2, -0.15) is 5.10 Å². The van der Waals surface area contributed by atoms with Crippen LogP contribution in [0.25, 0.3) is 0 Å². The summed E-state index contributed by atoms with van der Waals surface area (Å²) >= 11 is 0. The number of aromatic nitrogens is 2. The van der Waals surface area contributed by atoms with Crippen LogP contribution >= 0.6 is 0 Å². The molecule has 1 amide bonds. The second-order valence-electron chi connectivity index (χ2n) is 7.47. The van der Waals surface area contributed by atoms with Gasteiger partial charge in [0.05, 0.1) is 12.1 Å². The van der Waals surface area contributed by atoms with Crippen molar-refractivity contribution in [2.75, 3.05) is 11.9 Å². The second-order valence-corrected chi connectivity index (χ2v) is 7.47. The number of ether oxygens (including phenoxy) is 1. The summed E-state index contributed by atoms with van der Waals surface area (Å²) in [7, 11) is 0. The van der Waals surface area contributed by atoms with Gasteiger partial charge in [0.25, 0.3) is 0 Å². The van der Waals surface area contributed by atoms with Gasteiger partial charge < -0.3 is 10.1 Å². The highest BCUT2D eigenvalue weighted by molar-refractivity contribution is 5.98. The molecule has 1 aromatic carbocycles. The molecule has 0 saturated carbocycles. The summed E-state index contributed by atoms with van der Waals surface area (Å²) in [5.74, 6) is -0.399. The van der Waals surface area contributed by atoms with Crippen LogP contribution in [0.1, 0.15) is 54.5 Å². The average molecular weight is 399 g/mol. The molecule has 0 bridgehead atoms. The predicted octanol–water partition coefficient (Wildman–Crippen LogP) is 3.47. The standard InChI is InChI=1S/C22H29N3O4/c1-6-21(27)23-18-9-7-17(8-10-18)20(26)13-29-22(28)11-19-15(4)24-25(16(19)5)12-14(2)3/h7-10,14H,6,11-13H2,1-5H3,(H,23,27). The minimum atomic E-state index is -0.458. The quantitative estimate of drug-likeness (QED) is 0.515. The van der Waals surface area contributed by atoms with Crippen LogP contribution in [0.5, 0.6) is 0 Å². The Kier molecular flexibility index (Phi) is 7.70. The average Bonchev–Trinajstić information content (AvgIpc) is 2.93. The third-order valence-electron chi connectivity index (χ3n) is 4.57. The summed E-state index contributed by atoms with van der Waals surface area (Å²) in [6.07, 6.45) is 0.469. The second kappa shape index (κ2) is 10.0. The van der Waals surface area contributed by atoms with Crippen LogP contribution in [0.15, 0.2) is 24.3 Å². The lowest BCUT2D eigenvalue weighted by Gasteiger charge is -2.08. The maximum atomic E-state index is 12.3. The van der Waals surface area contributed by atoms with Gasteiger partial charge in [0.1, 0.15) is 0 Å². The van der Waals surface area contributed by atoms with Gasteiger partial charge in [-0.1, -0.05) is 20.8 Å². The summed E-state index contributed by atoms with van der Waals surface area (Å²) in [5.41, 5.74) is 3.64. The molecule has 0 spiro atoms. The number of nitrogens with one attached hydrogen (secondary N) is 1. The maximum Gasteiger partial charge on any atom is 0.310 e. The number of hydrogen-bond donors (Lipinski definition) is 1. The van der Waals surface area contributed by atoms with E-state index in [-0.39, 0.29) is 24.7 Å². The number of amides is 1. The number of carbonyl (C=O) groups excluding carboxylic acids is 3. The van der Waals surface area contributed by atoms with Crippen molar-refractivity contribution in [3.05, 3.63) is 46.8 Å². The molecule has 0 unspecified atom stereocenters. The first-order valence-corrected chi connectivity index (χ1v) is 9.82. The van der Waals surface area contributed by atoms with Crippen LogP contribution in [0.2, 0.25) is 0 Å². The molecule has 0 saturated heterocycles. The van der Waals surface area contributed by atoms with Crippen LogP contribution in [0, 0.1) is 19.8 Å². The fourth-order valence-corrected chi connectivity index (χ4v) is 2.93.